The molecule has 0 radical (unpaired) electrons. The normalized spacial score (nSPS) is 16.4. The summed E-state index contributed by atoms with van der Waals surface area (Å²) in [6.45, 7) is 3.49. The lowest BCUT2D eigenvalue weighted by Crippen LogP contribution is -2.35. The van der Waals surface area contributed by atoms with Crippen molar-refractivity contribution in [1.82, 2.24) is 9.97 Å². The molecule has 116 valence electrons. The SMILES string of the molecule is C=C(O)c1cccc2c1OB(O)[C@@H](CC(=O)c1cncnc1)C2. The Morgan fingerprint density at radius 2 is 2.13 bits per heavy atom. The molecule has 0 saturated carbocycles. The van der Waals surface area contributed by atoms with Gasteiger partial charge in [-0.2, -0.15) is 0 Å². The van der Waals surface area contributed by atoms with Crippen molar-refractivity contribution in [3.05, 3.63) is 60.2 Å². The van der Waals surface area contributed by atoms with Gasteiger partial charge in [-0.3, -0.25) is 4.79 Å². The van der Waals surface area contributed by atoms with Crippen LogP contribution in [0.15, 0.2) is 43.5 Å². The van der Waals surface area contributed by atoms with Gasteiger partial charge in [0.05, 0.1) is 11.1 Å². The zero-order valence-corrected chi connectivity index (χ0v) is 12.3. The van der Waals surface area contributed by atoms with Crippen LogP contribution in [0.2, 0.25) is 5.82 Å². The molecule has 1 aliphatic rings. The minimum atomic E-state index is -1.13. The van der Waals surface area contributed by atoms with Crippen LogP contribution in [0.25, 0.3) is 5.76 Å². The van der Waals surface area contributed by atoms with Gasteiger partial charge in [-0.15, -0.1) is 0 Å². The van der Waals surface area contributed by atoms with E-state index in [2.05, 4.69) is 16.5 Å². The molecule has 0 unspecified atom stereocenters. The van der Waals surface area contributed by atoms with Crippen LogP contribution < -0.4 is 4.65 Å². The highest BCUT2D eigenvalue weighted by molar-refractivity contribution is 6.47. The quantitative estimate of drug-likeness (QED) is 0.510. The lowest BCUT2D eigenvalue weighted by molar-refractivity contribution is 0.0974. The third-order valence-electron chi connectivity index (χ3n) is 3.86. The first-order valence-electron chi connectivity index (χ1n) is 7.19. The molecule has 0 spiro atoms. The number of benzene rings is 1. The van der Waals surface area contributed by atoms with E-state index in [9.17, 15) is 14.9 Å². The highest BCUT2D eigenvalue weighted by Crippen LogP contribution is 2.38. The fraction of sp³-hybridized carbons (Fsp3) is 0.188. The first-order chi connectivity index (χ1) is 11.1. The average Bonchev–Trinajstić information content (AvgIpc) is 2.55. The standard InChI is InChI=1S/C16H15BN2O4/c1-10(20)14-4-2-3-11-5-13(17(22)23-16(11)14)6-15(21)12-7-18-9-19-8-12/h2-4,7-9,13,20,22H,1,5-6H2/t13-/m1/s1. The number of carbonyl (C=O) groups excluding carboxylic acids is 1. The summed E-state index contributed by atoms with van der Waals surface area (Å²) in [6.07, 6.45) is 4.85. The molecule has 0 bridgehead atoms. The summed E-state index contributed by atoms with van der Waals surface area (Å²) in [5.41, 5.74) is 1.68. The minimum Gasteiger partial charge on any atom is -0.535 e. The van der Waals surface area contributed by atoms with Gasteiger partial charge in [0.15, 0.2) is 5.78 Å². The lowest BCUT2D eigenvalue weighted by atomic mass is 9.64. The lowest BCUT2D eigenvalue weighted by Gasteiger charge is -2.28. The van der Waals surface area contributed by atoms with E-state index < -0.39 is 7.12 Å². The summed E-state index contributed by atoms with van der Waals surface area (Å²) in [5, 5.41) is 19.8. The Bertz CT molecular complexity index is 751. The molecule has 2 aromatic rings. The first kappa shape index (κ1) is 15.2. The number of aliphatic hydroxyl groups is 1. The van der Waals surface area contributed by atoms with E-state index in [1.165, 1.54) is 18.7 Å². The molecule has 23 heavy (non-hydrogen) atoms. The first-order valence-corrected chi connectivity index (χ1v) is 7.19. The van der Waals surface area contributed by atoms with Crippen molar-refractivity contribution in [1.29, 1.82) is 0 Å². The van der Waals surface area contributed by atoms with Crippen LogP contribution in [0.1, 0.15) is 27.9 Å². The number of fused-ring (bicyclic) bond motifs is 1. The van der Waals surface area contributed by atoms with Crippen molar-refractivity contribution < 1.29 is 19.6 Å². The molecule has 1 aliphatic heterocycles. The van der Waals surface area contributed by atoms with Crippen LogP contribution >= 0.6 is 0 Å². The number of Topliss-reactive ketones (excluding diaryl/α,β-unsaturated/α-hetero) is 1. The predicted octanol–water partition coefficient (Wildman–Crippen LogP) is 2.06. The number of carbonyl (C=O) groups is 1. The van der Waals surface area contributed by atoms with Crippen LogP contribution in [-0.2, 0) is 6.42 Å². The largest absolute Gasteiger partial charge is 0.535 e. The van der Waals surface area contributed by atoms with E-state index in [1.54, 1.807) is 12.1 Å². The van der Waals surface area contributed by atoms with Gasteiger partial charge >= 0.3 is 7.12 Å². The highest BCUT2D eigenvalue weighted by Gasteiger charge is 2.37. The molecule has 3 rings (SSSR count). The summed E-state index contributed by atoms with van der Waals surface area (Å²) in [7, 11) is -1.13. The van der Waals surface area contributed by atoms with E-state index >= 15 is 0 Å². The molecular weight excluding hydrogens is 295 g/mol. The molecule has 2 heterocycles. The van der Waals surface area contributed by atoms with Gasteiger partial charge in [0, 0.05) is 24.6 Å². The number of aromatic nitrogens is 2. The predicted molar refractivity (Wildman–Crippen MR) is 85.1 cm³/mol. The van der Waals surface area contributed by atoms with Gasteiger partial charge < -0.3 is 14.8 Å². The number of nitrogens with zero attached hydrogens (tertiary/aromatic N) is 2. The maximum absolute atomic E-state index is 12.2. The van der Waals surface area contributed by atoms with Crippen molar-refractivity contribution in [2.45, 2.75) is 18.7 Å². The smallest absolute Gasteiger partial charge is 0.526 e. The highest BCUT2D eigenvalue weighted by atomic mass is 16.5. The van der Waals surface area contributed by atoms with E-state index in [0.717, 1.165) is 5.56 Å². The Morgan fingerprint density at radius 3 is 2.83 bits per heavy atom. The molecule has 6 nitrogen and oxygen atoms in total. The van der Waals surface area contributed by atoms with Crippen molar-refractivity contribution >= 4 is 18.7 Å². The summed E-state index contributed by atoms with van der Waals surface area (Å²) >= 11 is 0. The van der Waals surface area contributed by atoms with Crippen molar-refractivity contribution in [2.24, 2.45) is 0 Å². The van der Waals surface area contributed by atoms with Crippen LogP contribution in [-0.4, -0.2) is 33.0 Å². The Kier molecular flexibility index (Phi) is 4.12. The topological polar surface area (TPSA) is 92.5 Å². The number of hydrogen-bond acceptors (Lipinski definition) is 6. The number of ketones is 1. The molecule has 7 heteroatoms. The molecule has 1 atom stereocenters. The van der Waals surface area contributed by atoms with Gasteiger partial charge in [-0.25, -0.2) is 9.97 Å². The van der Waals surface area contributed by atoms with Crippen molar-refractivity contribution in [3.8, 4) is 5.75 Å². The Balaban J connectivity index is 1.81. The zero-order valence-electron chi connectivity index (χ0n) is 12.3. The molecule has 2 N–H and O–H groups in total. The third kappa shape index (κ3) is 3.09. The molecule has 0 amide bonds. The second-order valence-electron chi connectivity index (χ2n) is 5.47. The third-order valence-corrected chi connectivity index (χ3v) is 3.86. The molecular formula is C16H15BN2O4. The zero-order chi connectivity index (χ0) is 16.4. The maximum Gasteiger partial charge on any atom is 0.526 e. The fourth-order valence-corrected chi connectivity index (χ4v) is 2.68. The van der Waals surface area contributed by atoms with E-state index in [-0.39, 0.29) is 23.8 Å². The van der Waals surface area contributed by atoms with Crippen molar-refractivity contribution in [2.75, 3.05) is 0 Å². The average molecular weight is 310 g/mol. The molecule has 1 aromatic heterocycles. The van der Waals surface area contributed by atoms with E-state index in [1.807, 2.05) is 6.07 Å². The maximum atomic E-state index is 12.2. The molecule has 1 aromatic carbocycles. The Labute approximate surface area is 133 Å². The number of rotatable bonds is 4. The molecule has 0 fully saturated rings. The summed E-state index contributed by atoms with van der Waals surface area (Å²) < 4.78 is 5.52. The summed E-state index contributed by atoms with van der Waals surface area (Å²) in [4.78, 5) is 19.9. The van der Waals surface area contributed by atoms with Gasteiger partial charge in [-0.05, 0) is 18.1 Å². The van der Waals surface area contributed by atoms with E-state index in [4.69, 9.17) is 4.65 Å². The van der Waals surface area contributed by atoms with Crippen LogP contribution in [0, 0.1) is 0 Å². The van der Waals surface area contributed by atoms with E-state index in [0.29, 0.717) is 23.3 Å². The monoisotopic (exact) mass is 310 g/mol. The van der Waals surface area contributed by atoms with Crippen LogP contribution in [0.4, 0.5) is 0 Å². The number of aliphatic hydroxyl groups excluding tert-OH is 1. The Hall–Kier alpha value is -2.67. The Morgan fingerprint density at radius 1 is 1.39 bits per heavy atom. The summed E-state index contributed by atoms with van der Waals surface area (Å²) in [5.74, 6) is -0.230. The van der Waals surface area contributed by atoms with Gasteiger partial charge in [0.2, 0.25) is 0 Å². The number of para-hydroxylation sites is 1. The summed E-state index contributed by atoms with van der Waals surface area (Å²) in [6, 6.07) is 5.29. The van der Waals surface area contributed by atoms with Crippen LogP contribution in [0.5, 0.6) is 5.75 Å². The van der Waals surface area contributed by atoms with Crippen LogP contribution in [0.3, 0.4) is 0 Å². The van der Waals surface area contributed by atoms with Gasteiger partial charge in [-0.1, -0.05) is 18.7 Å². The van der Waals surface area contributed by atoms with Gasteiger partial charge in [0.25, 0.3) is 0 Å². The van der Waals surface area contributed by atoms with Crippen molar-refractivity contribution in [3.63, 3.8) is 0 Å². The number of hydrogen-bond donors (Lipinski definition) is 2. The fourth-order valence-electron chi connectivity index (χ4n) is 2.68. The molecule has 0 aliphatic carbocycles. The second kappa shape index (κ2) is 6.22. The molecule has 0 saturated heterocycles. The van der Waals surface area contributed by atoms with Gasteiger partial charge in [0.1, 0.15) is 17.8 Å². The second-order valence-corrected chi connectivity index (χ2v) is 5.47. The minimum absolute atomic E-state index is 0.120.